The summed E-state index contributed by atoms with van der Waals surface area (Å²) in [7, 11) is 1.17. The first-order valence-corrected chi connectivity index (χ1v) is 25.5. The lowest BCUT2D eigenvalue weighted by atomic mass is 9.96. The maximum atomic E-state index is 14.6. The summed E-state index contributed by atoms with van der Waals surface area (Å²) < 4.78 is 10.5. The Morgan fingerprint density at radius 2 is 1.42 bits per heavy atom. The number of aromatic nitrogens is 1. The lowest BCUT2D eigenvalue weighted by molar-refractivity contribution is -0.149. The van der Waals surface area contributed by atoms with Gasteiger partial charge in [-0.05, 0) is 67.4 Å². The van der Waals surface area contributed by atoms with Crippen molar-refractivity contribution in [3.63, 3.8) is 0 Å². The van der Waals surface area contributed by atoms with Crippen molar-refractivity contribution >= 4 is 41.4 Å². The minimum absolute atomic E-state index is 0.0327. The van der Waals surface area contributed by atoms with Crippen LogP contribution in [0.25, 0.3) is 22.6 Å². The molecule has 3 fully saturated rings. The number of methoxy groups -OCH3 is 1. The van der Waals surface area contributed by atoms with Gasteiger partial charge in [0, 0.05) is 54.6 Å². The zero-order chi connectivity index (χ0) is 59.1. The van der Waals surface area contributed by atoms with Crippen LogP contribution in [0.3, 0.4) is 0 Å². The van der Waals surface area contributed by atoms with Gasteiger partial charge in [-0.2, -0.15) is 4.91 Å². The number of phenolic OH excluding ortho intramolecular Hbond substituents is 2. The molecule has 0 bridgehead atoms. The number of ether oxygens (including phenoxy) is 1. The molecule has 5 unspecified atom stereocenters. The first-order chi connectivity index (χ1) is 38.4. The Balaban J connectivity index is 1.25. The fraction of sp³-hybridized carbons (Fsp3) is 0.462. The zero-order valence-corrected chi connectivity index (χ0v) is 43.7. The number of aromatic hydroxyl groups is 2. The molecule has 3 aliphatic heterocycles. The Labute approximate surface area is 460 Å². The van der Waals surface area contributed by atoms with Crippen LogP contribution in [0, 0.1) is 10.8 Å². The van der Waals surface area contributed by atoms with Crippen molar-refractivity contribution < 1.29 is 93.9 Å². The molecule has 0 aliphatic carbocycles. The minimum Gasteiger partial charge on any atom is -0.508 e. The highest BCUT2D eigenvalue weighted by molar-refractivity contribution is 6.00. The van der Waals surface area contributed by atoms with Crippen LogP contribution in [0.1, 0.15) is 55.1 Å². The molecule has 15 N–H and O–H groups in total. The molecule has 0 saturated carbocycles. The topological polar surface area (TPSA) is 453 Å². The summed E-state index contributed by atoms with van der Waals surface area (Å²) in [6.45, 7) is 0.700. The van der Waals surface area contributed by atoms with Crippen LogP contribution in [0.4, 0.5) is 0 Å². The van der Waals surface area contributed by atoms with Gasteiger partial charge in [0.15, 0.2) is 23.5 Å². The average Bonchev–Trinajstić information content (AvgIpc) is 4.19. The molecular weight excluding hydrogens is 1070 g/mol. The van der Waals surface area contributed by atoms with Crippen LogP contribution in [0.2, 0.25) is 0 Å². The van der Waals surface area contributed by atoms with Gasteiger partial charge in [-0.15, -0.1) is 0 Å². The maximum absolute atomic E-state index is 14.6. The third-order valence-corrected chi connectivity index (χ3v) is 14.3. The van der Waals surface area contributed by atoms with Crippen molar-refractivity contribution in [2.45, 2.75) is 118 Å². The van der Waals surface area contributed by atoms with Gasteiger partial charge in [-0.1, -0.05) is 35.5 Å². The van der Waals surface area contributed by atoms with Gasteiger partial charge in [-0.25, -0.2) is 0 Å². The Kier molecular flexibility index (Phi) is 19.4. The third kappa shape index (κ3) is 13.7. The van der Waals surface area contributed by atoms with Gasteiger partial charge in [0.25, 0.3) is 5.91 Å². The quantitative estimate of drug-likeness (QED) is 0.0574. The highest BCUT2D eigenvalue weighted by Gasteiger charge is 2.50. The van der Waals surface area contributed by atoms with Crippen molar-refractivity contribution in [1.82, 2.24) is 41.5 Å². The molecule has 29 heteroatoms. The number of amides is 7. The molecule has 436 valence electrons. The van der Waals surface area contributed by atoms with Gasteiger partial charge in [0.05, 0.1) is 38.1 Å². The van der Waals surface area contributed by atoms with E-state index < -0.39 is 177 Å². The fourth-order valence-corrected chi connectivity index (χ4v) is 9.72. The second kappa shape index (κ2) is 26.0. The highest BCUT2D eigenvalue weighted by atomic mass is 16.5. The molecular formula is C52H63N9O20. The summed E-state index contributed by atoms with van der Waals surface area (Å²) in [6, 6.07) is 4.28. The second-order valence-electron chi connectivity index (χ2n) is 20.1. The number of nitrogens with one attached hydrogen (secondary N) is 5. The Hall–Kier alpha value is -8.16. The van der Waals surface area contributed by atoms with Crippen LogP contribution in [-0.4, -0.2) is 213 Å². The average molecular weight is 1130 g/mol. The lowest BCUT2D eigenvalue weighted by Crippen LogP contribution is -2.64. The lowest BCUT2D eigenvalue weighted by Gasteiger charge is -2.34. The third-order valence-electron chi connectivity index (χ3n) is 14.3. The number of carbonyl (C=O) groups excluding carboxylic acids is 7. The number of nitroso groups, excluding NO2 is 1. The van der Waals surface area contributed by atoms with Crippen LogP contribution in [0.15, 0.2) is 82.5 Å². The van der Waals surface area contributed by atoms with E-state index in [1.165, 1.54) is 50.4 Å². The predicted octanol–water partition coefficient (Wildman–Crippen LogP) is -3.66. The summed E-state index contributed by atoms with van der Waals surface area (Å²) in [5.41, 5.74) is 1.11. The van der Waals surface area contributed by atoms with E-state index in [4.69, 9.17) is 9.26 Å². The van der Waals surface area contributed by atoms with Crippen LogP contribution in [-0.2, 0) is 28.8 Å². The number of aliphatic hydroxyl groups excluding tert-OH is 8. The molecule has 0 spiro atoms. The van der Waals surface area contributed by atoms with Crippen molar-refractivity contribution in [2.75, 3.05) is 26.7 Å². The van der Waals surface area contributed by atoms with Gasteiger partial charge in [-0.3, -0.25) is 33.6 Å². The number of hydrogen-bond acceptors (Lipinski definition) is 22. The summed E-state index contributed by atoms with van der Waals surface area (Å²) >= 11 is 0. The Bertz CT molecular complexity index is 2950. The molecule has 15 atom stereocenters. The molecule has 3 saturated heterocycles. The van der Waals surface area contributed by atoms with Gasteiger partial charge >= 0.3 is 0 Å². The Morgan fingerprint density at radius 1 is 0.778 bits per heavy atom. The van der Waals surface area contributed by atoms with Crippen molar-refractivity contribution in [3.8, 4) is 39.8 Å². The number of aliphatic hydroxyl groups is 8. The summed E-state index contributed by atoms with van der Waals surface area (Å²) in [6.07, 6.45) is -18.4. The standard InChI is InChI=1S/C52H63N9O20/c1-22-20-61-41(42(22)68)50(76)58-48(74)35(67)18-31(54-45(71)26-6-4-24(5-7-26)30-19-36(81-59-30)25-8-11-28(63)12-9-25)46(72)55-38(23(2)62)51(77)60-21-29(64)17-32(60)47(73)57-40(49(75)56-39(52(61)78)34(66)14-15-53-79)44(70)43(69)27-10-13-33(65)37(16-27)80-3/h4-13,16,19,22-23,29,31-32,34-35,38-44,48,62-70,74H,14-15,17-18,20-21H2,1-3H3,(H,54,71)(H,55,72)(H,56,75)(H,57,73)(H,58,76)/t22-,23+,29+,31-,32?,34+,35+,38?,39?,40?,41?,42-,43-,44-,48+/m0/s1. The predicted molar refractivity (Wildman–Crippen MR) is 276 cm³/mol. The number of benzene rings is 3. The molecule has 7 rings (SSSR count). The molecule has 29 nitrogen and oxygen atoms in total. The molecule has 4 heterocycles. The van der Waals surface area contributed by atoms with Crippen LogP contribution < -0.4 is 31.3 Å². The van der Waals surface area contributed by atoms with E-state index in [2.05, 4.69) is 36.9 Å². The largest absolute Gasteiger partial charge is 0.508 e. The van der Waals surface area contributed by atoms with Crippen molar-refractivity contribution in [1.29, 1.82) is 0 Å². The van der Waals surface area contributed by atoms with Crippen LogP contribution >= 0.6 is 0 Å². The van der Waals surface area contributed by atoms with Crippen LogP contribution in [0.5, 0.6) is 17.2 Å². The number of rotatable bonds is 13. The normalized spacial score (nSPS) is 27.7. The number of fused-ring (bicyclic) bond motifs is 2. The summed E-state index contributed by atoms with van der Waals surface area (Å²) in [4.78, 5) is 113. The van der Waals surface area contributed by atoms with Gasteiger partial charge in [0.1, 0.15) is 66.0 Å². The summed E-state index contributed by atoms with van der Waals surface area (Å²) in [5.74, 6) is -10.2. The fourth-order valence-electron chi connectivity index (χ4n) is 9.72. The molecule has 3 aliphatic rings. The first kappa shape index (κ1) is 60.5. The molecule has 3 aromatic carbocycles. The van der Waals surface area contributed by atoms with E-state index in [1.807, 2.05) is 0 Å². The van der Waals surface area contributed by atoms with E-state index in [1.54, 1.807) is 18.2 Å². The van der Waals surface area contributed by atoms with Gasteiger partial charge < -0.3 is 96.7 Å². The van der Waals surface area contributed by atoms with E-state index in [-0.39, 0.29) is 22.6 Å². The van der Waals surface area contributed by atoms with Crippen molar-refractivity contribution in [2.24, 2.45) is 11.1 Å². The summed E-state index contributed by atoms with van der Waals surface area (Å²) in [5, 5.41) is 129. The molecule has 1 aromatic heterocycles. The monoisotopic (exact) mass is 1130 g/mol. The van der Waals surface area contributed by atoms with E-state index in [0.29, 0.717) is 27.5 Å². The second-order valence-corrected chi connectivity index (χ2v) is 20.1. The van der Waals surface area contributed by atoms with E-state index in [0.717, 1.165) is 30.0 Å². The maximum Gasteiger partial charge on any atom is 0.251 e. The molecule has 81 heavy (non-hydrogen) atoms. The van der Waals surface area contributed by atoms with E-state index >= 15 is 0 Å². The first-order valence-electron chi connectivity index (χ1n) is 25.5. The minimum atomic E-state index is -2.43. The number of nitrogens with zero attached hydrogens (tertiary/aromatic N) is 4. The number of carbonyl (C=O) groups is 7. The molecule has 0 radical (unpaired) electrons. The van der Waals surface area contributed by atoms with E-state index in [9.17, 15) is 89.5 Å². The number of phenols is 2. The van der Waals surface area contributed by atoms with Gasteiger partial charge in [0.2, 0.25) is 35.4 Å². The zero-order valence-electron chi connectivity index (χ0n) is 43.7. The smallest absolute Gasteiger partial charge is 0.251 e. The SMILES string of the molecule is COc1cc([C@H](O)[C@@H](O)C2NC(=O)C3C[C@@H](O)CN3C(=O)C([C@@H](C)O)NC(=O)[C@@H](NC(=O)c3ccc(-c4cc(-c5ccc(O)cc5)on4)cc3)C[C@@H](O)[C@@H](O)NC(=O)C3[C@@H](O)[C@@H](C)CN3C(=O)C([C@H](O)CCN=O)NC2=O)ccc1O. The molecule has 7 amide bonds. The number of hydrogen-bond donors (Lipinski definition) is 15. The van der Waals surface area contributed by atoms with Crippen molar-refractivity contribution in [3.05, 3.63) is 88.8 Å². The Morgan fingerprint density at radius 3 is 2.07 bits per heavy atom. The molecule has 4 aromatic rings. The highest BCUT2D eigenvalue weighted by Crippen LogP contribution is 2.33.